The number of piperazine rings is 1. The fraction of sp³-hybridized carbons (Fsp3) is 0.417. The SMILES string of the molecule is CC(=O)Cc1ccc(-n2ccc(NC(=O)N3CCN(C(=O)C(C)(C)NC(=O)O)C[C@H]3C)nc2=O)cc1. The van der Waals surface area contributed by atoms with Crippen LogP contribution in [0.3, 0.4) is 0 Å². The molecule has 1 aromatic carbocycles. The first kappa shape index (κ1) is 26.4. The summed E-state index contributed by atoms with van der Waals surface area (Å²) in [7, 11) is 0. The van der Waals surface area contributed by atoms with Gasteiger partial charge in [-0.15, -0.1) is 0 Å². The molecule has 3 N–H and O–H groups in total. The molecule has 0 aliphatic carbocycles. The van der Waals surface area contributed by atoms with Crippen molar-refractivity contribution in [3.05, 3.63) is 52.6 Å². The number of benzene rings is 1. The van der Waals surface area contributed by atoms with Gasteiger partial charge in [-0.1, -0.05) is 12.1 Å². The normalized spacial score (nSPS) is 15.8. The highest BCUT2D eigenvalue weighted by Gasteiger charge is 2.37. The van der Waals surface area contributed by atoms with E-state index >= 15 is 0 Å². The van der Waals surface area contributed by atoms with Crippen LogP contribution in [0.1, 0.15) is 33.3 Å². The fourth-order valence-electron chi connectivity index (χ4n) is 4.07. The molecule has 36 heavy (non-hydrogen) atoms. The van der Waals surface area contributed by atoms with Crippen LogP contribution in [0.25, 0.3) is 5.69 Å². The van der Waals surface area contributed by atoms with Crippen LogP contribution in [0.4, 0.5) is 15.4 Å². The van der Waals surface area contributed by atoms with Crippen LogP contribution in [-0.2, 0) is 16.0 Å². The van der Waals surface area contributed by atoms with Gasteiger partial charge in [0.15, 0.2) is 0 Å². The number of aromatic nitrogens is 2. The summed E-state index contributed by atoms with van der Waals surface area (Å²) < 4.78 is 1.33. The van der Waals surface area contributed by atoms with Gasteiger partial charge in [-0.2, -0.15) is 4.98 Å². The molecule has 1 fully saturated rings. The predicted molar refractivity (Wildman–Crippen MR) is 131 cm³/mol. The number of anilines is 1. The van der Waals surface area contributed by atoms with Crippen LogP contribution in [0.15, 0.2) is 41.3 Å². The summed E-state index contributed by atoms with van der Waals surface area (Å²) in [5.41, 5.74) is -0.456. The second-order valence-electron chi connectivity index (χ2n) is 9.29. The van der Waals surface area contributed by atoms with Crippen LogP contribution < -0.4 is 16.3 Å². The highest BCUT2D eigenvalue weighted by atomic mass is 16.4. The number of ketones is 1. The van der Waals surface area contributed by atoms with Crippen LogP contribution in [0, 0.1) is 0 Å². The van der Waals surface area contributed by atoms with E-state index in [-0.39, 0.29) is 43.2 Å². The Labute approximate surface area is 207 Å². The zero-order valence-corrected chi connectivity index (χ0v) is 20.6. The van der Waals surface area contributed by atoms with E-state index < -0.39 is 23.4 Å². The standard InChI is InChI=1S/C24H30N6O6/c1-15-14-28(20(32)24(3,4)27-23(35)36)11-12-29(15)21(33)25-19-9-10-30(22(34)26-19)18-7-5-17(6-8-18)13-16(2)31/h5-10,15,27H,11-14H2,1-4H3,(H,35,36)(H,25,26,33,34)/t15-/m1/s1. The largest absolute Gasteiger partial charge is 0.465 e. The third-order valence-corrected chi connectivity index (χ3v) is 5.84. The first-order valence-corrected chi connectivity index (χ1v) is 11.4. The number of carbonyl (C=O) groups is 4. The van der Waals surface area contributed by atoms with Gasteiger partial charge in [0.2, 0.25) is 5.91 Å². The Bertz CT molecular complexity index is 1220. The van der Waals surface area contributed by atoms with Gasteiger partial charge in [0, 0.05) is 38.3 Å². The van der Waals surface area contributed by atoms with Crippen molar-refractivity contribution in [2.45, 2.75) is 45.7 Å². The number of urea groups is 1. The Morgan fingerprint density at radius 2 is 1.78 bits per heavy atom. The molecule has 1 aliphatic heterocycles. The van der Waals surface area contributed by atoms with Gasteiger partial charge in [-0.05, 0) is 51.5 Å². The van der Waals surface area contributed by atoms with Crippen molar-refractivity contribution in [1.82, 2.24) is 24.7 Å². The molecule has 12 heteroatoms. The van der Waals surface area contributed by atoms with E-state index in [1.165, 1.54) is 47.4 Å². The Hall–Kier alpha value is -4.22. The van der Waals surface area contributed by atoms with Crippen molar-refractivity contribution in [2.75, 3.05) is 25.0 Å². The predicted octanol–water partition coefficient (Wildman–Crippen LogP) is 1.47. The van der Waals surface area contributed by atoms with Crippen molar-refractivity contribution in [1.29, 1.82) is 0 Å². The molecule has 1 aliphatic rings. The highest BCUT2D eigenvalue weighted by molar-refractivity contribution is 5.90. The molecule has 1 atom stereocenters. The summed E-state index contributed by atoms with van der Waals surface area (Å²) in [5, 5.41) is 13.8. The minimum Gasteiger partial charge on any atom is -0.465 e. The Balaban J connectivity index is 1.63. The molecular formula is C24H30N6O6. The zero-order valence-electron chi connectivity index (χ0n) is 20.6. The lowest BCUT2D eigenvalue weighted by molar-refractivity contribution is -0.139. The average molecular weight is 499 g/mol. The van der Waals surface area contributed by atoms with Gasteiger partial charge >= 0.3 is 17.8 Å². The van der Waals surface area contributed by atoms with Gasteiger partial charge in [-0.3, -0.25) is 19.5 Å². The number of nitrogens with zero attached hydrogens (tertiary/aromatic N) is 4. The zero-order chi connectivity index (χ0) is 26.6. The molecule has 3 rings (SSSR count). The lowest BCUT2D eigenvalue weighted by Crippen LogP contribution is -2.62. The number of hydrogen-bond donors (Lipinski definition) is 3. The van der Waals surface area contributed by atoms with E-state index in [9.17, 15) is 24.0 Å². The number of rotatable bonds is 6. The number of hydrogen-bond acceptors (Lipinski definition) is 6. The first-order valence-electron chi connectivity index (χ1n) is 11.4. The third kappa shape index (κ3) is 6.26. The quantitative estimate of drug-likeness (QED) is 0.545. The number of carboxylic acid groups (broad SMARTS) is 1. The minimum atomic E-state index is -1.29. The molecule has 0 saturated carbocycles. The first-order chi connectivity index (χ1) is 16.9. The van der Waals surface area contributed by atoms with Crippen LogP contribution in [0.2, 0.25) is 0 Å². The van der Waals surface area contributed by atoms with Crippen molar-refractivity contribution in [3.8, 4) is 5.69 Å². The Morgan fingerprint density at radius 1 is 1.11 bits per heavy atom. The van der Waals surface area contributed by atoms with Crippen molar-refractivity contribution in [3.63, 3.8) is 0 Å². The second-order valence-corrected chi connectivity index (χ2v) is 9.29. The van der Waals surface area contributed by atoms with Crippen molar-refractivity contribution < 1.29 is 24.3 Å². The van der Waals surface area contributed by atoms with Gasteiger partial charge < -0.3 is 20.2 Å². The number of nitrogens with one attached hydrogen (secondary N) is 2. The van der Waals surface area contributed by atoms with E-state index in [1.807, 2.05) is 0 Å². The number of amides is 4. The molecular weight excluding hydrogens is 468 g/mol. The smallest absolute Gasteiger partial charge is 0.405 e. The lowest BCUT2D eigenvalue weighted by atomic mass is 10.0. The lowest BCUT2D eigenvalue weighted by Gasteiger charge is -2.42. The van der Waals surface area contributed by atoms with E-state index in [1.54, 1.807) is 31.2 Å². The summed E-state index contributed by atoms with van der Waals surface area (Å²) in [4.78, 5) is 67.4. The monoisotopic (exact) mass is 498 g/mol. The molecule has 0 bridgehead atoms. The van der Waals surface area contributed by atoms with E-state index in [2.05, 4.69) is 15.6 Å². The summed E-state index contributed by atoms with van der Waals surface area (Å²) in [6, 6.07) is 7.67. The minimum absolute atomic E-state index is 0.0445. The van der Waals surface area contributed by atoms with E-state index in [0.717, 1.165) is 5.56 Å². The molecule has 1 saturated heterocycles. The molecule has 2 heterocycles. The number of Topliss-reactive ketones (excluding diaryl/α,β-unsaturated/α-hetero) is 1. The van der Waals surface area contributed by atoms with Crippen LogP contribution in [-0.4, -0.2) is 79.5 Å². The Morgan fingerprint density at radius 3 is 2.33 bits per heavy atom. The molecule has 4 amide bonds. The van der Waals surface area contributed by atoms with Crippen molar-refractivity contribution >= 4 is 29.6 Å². The molecule has 0 unspecified atom stereocenters. The van der Waals surface area contributed by atoms with Crippen molar-refractivity contribution in [2.24, 2.45) is 0 Å². The maximum Gasteiger partial charge on any atom is 0.405 e. The van der Waals surface area contributed by atoms with Crippen LogP contribution >= 0.6 is 0 Å². The third-order valence-electron chi connectivity index (χ3n) is 5.84. The van der Waals surface area contributed by atoms with Gasteiger partial charge in [-0.25, -0.2) is 14.4 Å². The Kier molecular flexibility index (Phi) is 7.76. The summed E-state index contributed by atoms with van der Waals surface area (Å²) in [6.45, 7) is 6.95. The molecule has 192 valence electrons. The van der Waals surface area contributed by atoms with E-state index in [0.29, 0.717) is 12.1 Å². The van der Waals surface area contributed by atoms with Gasteiger partial charge in [0.1, 0.15) is 17.1 Å². The molecule has 0 radical (unpaired) electrons. The van der Waals surface area contributed by atoms with Gasteiger partial charge in [0.05, 0.1) is 5.69 Å². The topological polar surface area (TPSA) is 154 Å². The van der Waals surface area contributed by atoms with Crippen LogP contribution in [0.5, 0.6) is 0 Å². The average Bonchev–Trinajstić information content (AvgIpc) is 2.78. The summed E-state index contributed by atoms with van der Waals surface area (Å²) in [5.74, 6) is -0.244. The maximum atomic E-state index is 12.8. The fourth-order valence-corrected chi connectivity index (χ4v) is 4.07. The van der Waals surface area contributed by atoms with Gasteiger partial charge in [0.25, 0.3) is 0 Å². The van der Waals surface area contributed by atoms with E-state index in [4.69, 9.17) is 5.11 Å². The maximum absolute atomic E-state index is 12.8. The molecule has 0 spiro atoms. The highest BCUT2D eigenvalue weighted by Crippen LogP contribution is 2.16. The molecule has 12 nitrogen and oxygen atoms in total. The summed E-state index contributed by atoms with van der Waals surface area (Å²) in [6.07, 6.45) is 0.525. The molecule has 2 aromatic rings. The second kappa shape index (κ2) is 10.6. The number of carbonyl (C=O) groups excluding carboxylic acids is 3. The molecule has 1 aromatic heterocycles. The summed E-state index contributed by atoms with van der Waals surface area (Å²) >= 11 is 0.